The van der Waals surface area contributed by atoms with Crippen LogP contribution in [0, 0.1) is 0 Å². The third kappa shape index (κ3) is 11.0. The normalized spacial score (nSPS) is 11.9. The van der Waals surface area contributed by atoms with E-state index in [2.05, 4.69) is 11.3 Å². The van der Waals surface area contributed by atoms with Crippen LogP contribution < -0.4 is 4.72 Å². The molecule has 0 spiro atoms. The average molecular weight is 217 g/mol. The molecule has 0 bridgehead atoms. The summed E-state index contributed by atoms with van der Waals surface area (Å²) >= 11 is 0. The molecule has 0 aliphatic rings. The van der Waals surface area contributed by atoms with Crippen molar-refractivity contribution in [2.45, 2.75) is 20.8 Å². The Morgan fingerprint density at radius 2 is 1.86 bits per heavy atom. The number of allylic oxidation sites excluding steroid dienone is 4. The monoisotopic (exact) mass is 217 g/mol. The first kappa shape index (κ1) is 15.4. The Balaban J connectivity index is 0. The van der Waals surface area contributed by atoms with Crippen LogP contribution in [-0.4, -0.2) is 14.7 Å². The van der Waals surface area contributed by atoms with Crippen molar-refractivity contribution in [3.63, 3.8) is 0 Å². The van der Waals surface area contributed by atoms with E-state index < -0.39 is 10.0 Å². The number of nitrogens with one attached hydrogen (secondary N) is 1. The van der Waals surface area contributed by atoms with E-state index in [1.165, 1.54) is 6.08 Å². The Bertz CT molecular complexity index is 300. The Kier molecular flexibility index (Phi) is 9.45. The highest BCUT2D eigenvalue weighted by Gasteiger charge is 1.99. The fourth-order valence-electron chi connectivity index (χ4n) is 0.644. The van der Waals surface area contributed by atoms with E-state index in [0.717, 1.165) is 6.26 Å². The van der Waals surface area contributed by atoms with E-state index in [0.29, 0.717) is 5.70 Å². The molecule has 14 heavy (non-hydrogen) atoms. The molecule has 0 fully saturated rings. The maximum atomic E-state index is 10.8. The van der Waals surface area contributed by atoms with Gasteiger partial charge in [-0.2, -0.15) is 0 Å². The van der Waals surface area contributed by atoms with Gasteiger partial charge in [-0.3, -0.25) is 4.72 Å². The van der Waals surface area contributed by atoms with Crippen molar-refractivity contribution in [2.75, 3.05) is 6.26 Å². The van der Waals surface area contributed by atoms with Gasteiger partial charge in [-0.05, 0) is 19.1 Å². The highest BCUT2D eigenvalue weighted by atomic mass is 32.2. The zero-order valence-corrected chi connectivity index (χ0v) is 10.1. The molecule has 0 aromatic heterocycles. The lowest BCUT2D eigenvalue weighted by atomic mass is 10.4. The van der Waals surface area contributed by atoms with Crippen LogP contribution in [0.4, 0.5) is 0 Å². The molecule has 0 aromatic carbocycles. The first-order valence-electron chi connectivity index (χ1n) is 4.43. The molecular formula is C10H19NO2S. The molecule has 0 rings (SSSR count). The second-order valence-electron chi connectivity index (χ2n) is 2.23. The van der Waals surface area contributed by atoms with Gasteiger partial charge in [-0.25, -0.2) is 8.42 Å². The predicted octanol–water partition coefficient (Wildman–Crippen LogP) is 2.21. The lowest BCUT2D eigenvalue weighted by Crippen LogP contribution is -2.20. The van der Waals surface area contributed by atoms with Crippen molar-refractivity contribution < 1.29 is 8.42 Å². The Labute approximate surface area is 87.3 Å². The van der Waals surface area contributed by atoms with Crippen molar-refractivity contribution >= 4 is 10.0 Å². The molecule has 0 radical (unpaired) electrons. The van der Waals surface area contributed by atoms with Crippen molar-refractivity contribution in [2.24, 2.45) is 0 Å². The molecule has 0 saturated heterocycles. The molecular weight excluding hydrogens is 198 g/mol. The van der Waals surface area contributed by atoms with Gasteiger partial charge in [0.2, 0.25) is 10.0 Å². The molecule has 0 saturated carbocycles. The molecule has 3 nitrogen and oxygen atoms in total. The van der Waals surface area contributed by atoms with Crippen LogP contribution in [0.1, 0.15) is 20.8 Å². The summed E-state index contributed by atoms with van der Waals surface area (Å²) in [6.07, 6.45) is 7.61. The molecule has 4 heteroatoms. The fourth-order valence-corrected chi connectivity index (χ4v) is 1.21. The number of rotatable bonds is 4. The quantitative estimate of drug-likeness (QED) is 0.734. The van der Waals surface area contributed by atoms with Crippen molar-refractivity contribution in [1.29, 1.82) is 0 Å². The van der Waals surface area contributed by atoms with E-state index in [4.69, 9.17) is 0 Å². The third-order valence-corrected chi connectivity index (χ3v) is 1.55. The van der Waals surface area contributed by atoms with Gasteiger partial charge in [-0.1, -0.05) is 32.6 Å². The molecule has 0 atom stereocenters. The van der Waals surface area contributed by atoms with Gasteiger partial charge in [0.05, 0.1) is 6.26 Å². The summed E-state index contributed by atoms with van der Waals surface area (Å²) in [6.45, 7) is 9.27. The van der Waals surface area contributed by atoms with E-state index in [1.54, 1.807) is 25.2 Å². The predicted molar refractivity (Wildman–Crippen MR) is 62.4 cm³/mol. The van der Waals surface area contributed by atoms with Crippen LogP contribution in [0.5, 0.6) is 0 Å². The van der Waals surface area contributed by atoms with Gasteiger partial charge < -0.3 is 0 Å². The maximum absolute atomic E-state index is 10.8. The minimum Gasteiger partial charge on any atom is -0.284 e. The zero-order chi connectivity index (χ0) is 11.6. The van der Waals surface area contributed by atoms with E-state index >= 15 is 0 Å². The van der Waals surface area contributed by atoms with Crippen LogP contribution in [0.2, 0.25) is 0 Å². The summed E-state index contributed by atoms with van der Waals surface area (Å²) in [6, 6.07) is 0. The Morgan fingerprint density at radius 1 is 1.36 bits per heavy atom. The smallest absolute Gasteiger partial charge is 0.229 e. The molecule has 0 heterocycles. The Morgan fingerprint density at radius 3 is 2.14 bits per heavy atom. The zero-order valence-electron chi connectivity index (χ0n) is 9.24. The second kappa shape index (κ2) is 8.56. The molecule has 0 amide bonds. The molecule has 0 aliphatic carbocycles. The topological polar surface area (TPSA) is 46.2 Å². The minimum atomic E-state index is -3.19. The molecule has 0 aliphatic heterocycles. The Hall–Kier alpha value is -1.03. The van der Waals surface area contributed by atoms with Gasteiger partial charge >= 0.3 is 0 Å². The summed E-state index contributed by atoms with van der Waals surface area (Å²) in [5.74, 6) is 0. The lowest BCUT2D eigenvalue weighted by molar-refractivity contribution is 0.595. The van der Waals surface area contributed by atoms with Crippen LogP contribution in [0.15, 0.2) is 36.6 Å². The van der Waals surface area contributed by atoms with Gasteiger partial charge in [0.1, 0.15) is 0 Å². The first-order valence-corrected chi connectivity index (χ1v) is 6.32. The van der Waals surface area contributed by atoms with Gasteiger partial charge in [0.15, 0.2) is 0 Å². The summed E-state index contributed by atoms with van der Waals surface area (Å²) in [7, 11) is -3.19. The van der Waals surface area contributed by atoms with Crippen LogP contribution >= 0.6 is 0 Å². The van der Waals surface area contributed by atoms with Crippen molar-refractivity contribution in [1.82, 2.24) is 4.72 Å². The highest BCUT2D eigenvalue weighted by Crippen LogP contribution is 1.94. The maximum Gasteiger partial charge on any atom is 0.229 e. The number of hydrogen-bond acceptors (Lipinski definition) is 2. The second-order valence-corrected chi connectivity index (χ2v) is 3.98. The van der Waals surface area contributed by atoms with E-state index in [-0.39, 0.29) is 0 Å². The largest absolute Gasteiger partial charge is 0.284 e. The molecule has 0 aromatic rings. The SMILES string of the molecule is C=C/C=C(\C=C/C)NS(C)(=O)=O.CC. The van der Waals surface area contributed by atoms with Crippen molar-refractivity contribution in [3.05, 3.63) is 36.6 Å². The average Bonchev–Trinajstić information content (AvgIpc) is 2.06. The summed E-state index contributed by atoms with van der Waals surface area (Å²) in [4.78, 5) is 0. The van der Waals surface area contributed by atoms with E-state index in [9.17, 15) is 8.42 Å². The number of sulfonamides is 1. The summed E-state index contributed by atoms with van der Waals surface area (Å²) in [5.41, 5.74) is 0.509. The van der Waals surface area contributed by atoms with E-state index in [1.807, 2.05) is 13.8 Å². The van der Waals surface area contributed by atoms with Gasteiger partial charge in [0, 0.05) is 5.70 Å². The van der Waals surface area contributed by atoms with Gasteiger partial charge in [-0.15, -0.1) is 0 Å². The van der Waals surface area contributed by atoms with Crippen LogP contribution in [0.3, 0.4) is 0 Å². The van der Waals surface area contributed by atoms with Crippen LogP contribution in [0.25, 0.3) is 0 Å². The molecule has 82 valence electrons. The lowest BCUT2D eigenvalue weighted by Gasteiger charge is -2.02. The van der Waals surface area contributed by atoms with Crippen LogP contribution in [-0.2, 0) is 10.0 Å². The van der Waals surface area contributed by atoms with Crippen molar-refractivity contribution in [3.8, 4) is 0 Å². The standard InChI is InChI=1S/C8H13NO2S.C2H6/c1-4-6-8(7-5-2)9-12(3,10)11;1-2/h4-7,9H,1H2,2-3H3;1-2H3/b7-5-,8-6+;. The third-order valence-electron chi connectivity index (χ3n) is 0.947. The van der Waals surface area contributed by atoms with Gasteiger partial charge in [0.25, 0.3) is 0 Å². The summed E-state index contributed by atoms with van der Waals surface area (Å²) in [5, 5.41) is 0. The highest BCUT2D eigenvalue weighted by molar-refractivity contribution is 7.88. The molecule has 1 N–H and O–H groups in total. The molecule has 0 unspecified atom stereocenters. The first-order chi connectivity index (χ1) is 6.49. The minimum absolute atomic E-state index is 0.509. The summed E-state index contributed by atoms with van der Waals surface area (Å²) < 4.78 is 23.9. The fraction of sp³-hybridized carbons (Fsp3) is 0.400. The number of hydrogen-bond donors (Lipinski definition) is 1.